The monoisotopic (exact) mass is 256 g/mol. The summed E-state index contributed by atoms with van der Waals surface area (Å²) in [6.07, 6.45) is 0. The van der Waals surface area contributed by atoms with Crippen LogP contribution in [0, 0.1) is 17.1 Å². The zero-order chi connectivity index (χ0) is 10.6. The van der Waals surface area contributed by atoms with Gasteiger partial charge in [-0.2, -0.15) is 5.26 Å². The summed E-state index contributed by atoms with van der Waals surface area (Å²) in [5.74, 6) is -0.360. The van der Waals surface area contributed by atoms with E-state index in [0.29, 0.717) is 12.1 Å². The first-order valence-corrected chi connectivity index (χ1v) is 5.06. The molecule has 1 unspecified atom stereocenters. The van der Waals surface area contributed by atoms with Crippen molar-refractivity contribution in [2.45, 2.75) is 13.0 Å². The van der Waals surface area contributed by atoms with Gasteiger partial charge < -0.3 is 0 Å². The zero-order valence-corrected chi connectivity index (χ0v) is 9.31. The van der Waals surface area contributed by atoms with Crippen molar-refractivity contribution < 1.29 is 4.39 Å². The highest BCUT2D eigenvalue weighted by atomic mass is 79.9. The molecule has 0 bridgehead atoms. The lowest BCUT2D eigenvalue weighted by Crippen LogP contribution is -2.20. The summed E-state index contributed by atoms with van der Waals surface area (Å²) >= 11 is 3.24. The van der Waals surface area contributed by atoms with E-state index in [9.17, 15) is 4.39 Å². The van der Waals surface area contributed by atoms with Gasteiger partial charge in [0.25, 0.3) is 0 Å². The summed E-state index contributed by atoms with van der Waals surface area (Å²) in [6, 6.07) is 6.01. The highest BCUT2D eigenvalue weighted by molar-refractivity contribution is 9.10. The van der Waals surface area contributed by atoms with Crippen molar-refractivity contribution in [2.75, 3.05) is 6.54 Å². The highest BCUT2D eigenvalue weighted by Crippen LogP contribution is 2.21. The minimum absolute atomic E-state index is 0.360. The first-order chi connectivity index (χ1) is 6.69. The van der Waals surface area contributed by atoms with Gasteiger partial charge in [-0.05, 0) is 24.7 Å². The average molecular weight is 257 g/mol. The molecular formula is C10H10BrFN2. The third-order valence-electron chi connectivity index (χ3n) is 1.81. The molecule has 1 aromatic rings. The fourth-order valence-corrected chi connectivity index (χ4v) is 1.54. The molecule has 1 aromatic carbocycles. The van der Waals surface area contributed by atoms with Crippen LogP contribution in [0.4, 0.5) is 4.39 Å². The molecule has 0 fully saturated rings. The lowest BCUT2D eigenvalue weighted by molar-refractivity contribution is 0.571. The van der Waals surface area contributed by atoms with Gasteiger partial charge in [0.1, 0.15) is 11.9 Å². The van der Waals surface area contributed by atoms with E-state index in [1.165, 1.54) is 6.07 Å². The second-order valence-electron chi connectivity index (χ2n) is 2.79. The number of halogens is 2. The maximum atomic E-state index is 13.3. The molecule has 4 heteroatoms. The van der Waals surface area contributed by atoms with Gasteiger partial charge in [0.05, 0.1) is 6.07 Å². The first kappa shape index (κ1) is 11.2. The predicted molar refractivity (Wildman–Crippen MR) is 56.1 cm³/mol. The van der Waals surface area contributed by atoms with Crippen LogP contribution in [-0.2, 0) is 0 Å². The van der Waals surface area contributed by atoms with E-state index >= 15 is 0 Å². The summed E-state index contributed by atoms with van der Waals surface area (Å²) in [5.41, 5.74) is 0.378. The molecule has 0 saturated carbocycles. The van der Waals surface area contributed by atoms with E-state index in [1.807, 2.05) is 13.0 Å². The molecule has 0 aliphatic carbocycles. The number of nitrogens with zero attached hydrogens (tertiary/aromatic N) is 1. The molecule has 0 aromatic heterocycles. The van der Waals surface area contributed by atoms with Gasteiger partial charge in [-0.3, -0.25) is 5.32 Å². The molecule has 2 nitrogen and oxygen atoms in total. The largest absolute Gasteiger partial charge is 0.298 e. The summed E-state index contributed by atoms with van der Waals surface area (Å²) in [6.45, 7) is 2.50. The van der Waals surface area contributed by atoms with Crippen molar-refractivity contribution in [1.82, 2.24) is 5.32 Å². The number of nitriles is 1. The third kappa shape index (κ3) is 2.53. The van der Waals surface area contributed by atoms with E-state index in [4.69, 9.17) is 5.26 Å². The summed E-state index contributed by atoms with van der Waals surface area (Å²) in [5, 5.41) is 11.7. The van der Waals surface area contributed by atoms with E-state index < -0.39 is 6.04 Å². The normalized spacial score (nSPS) is 12.1. The van der Waals surface area contributed by atoms with Crippen LogP contribution < -0.4 is 5.32 Å². The van der Waals surface area contributed by atoms with Crippen LogP contribution in [0.25, 0.3) is 0 Å². The molecule has 0 spiro atoms. The van der Waals surface area contributed by atoms with Crippen LogP contribution in [0.3, 0.4) is 0 Å². The standard InChI is InChI=1S/C10H10BrFN2/c1-2-14-10(6-13)8-5-7(11)3-4-9(8)12/h3-5,10,14H,2H2,1H3. The molecule has 1 N–H and O–H groups in total. The summed E-state index contributed by atoms with van der Waals surface area (Å²) in [4.78, 5) is 0. The highest BCUT2D eigenvalue weighted by Gasteiger charge is 2.13. The SMILES string of the molecule is CCNC(C#N)c1cc(Br)ccc1F. The van der Waals surface area contributed by atoms with E-state index in [-0.39, 0.29) is 5.82 Å². The number of nitrogens with one attached hydrogen (secondary N) is 1. The molecule has 0 aliphatic heterocycles. The van der Waals surface area contributed by atoms with Crippen LogP contribution in [0.2, 0.25) is 0 Å². The average Bonchev–Trinajstić information content (AvgIpc) is 2.18. The molecule has 1 rings (SSSR count). The summed E-state index contributed by atoms with van der Waals surface area (Å²) in [7, 11) is 0. The van der Waals surface area contributed by atoms with Crippen molar-refractivity contribution in [3.8, 4) is 6.07 Å². The Morgan fingerprint density at radius 1 is 1.64 bits per heavy atom. The van der Waals surface area contributed by atoms with Gasteiger partial charge >= 0.3 is 0 Å². The lowest BCUT2D eigenvalue weighted by Gasteiger charge is -2.11. The smallest absolute Gasteiger partial charge is 0.129 e. The number of rotatable bonds is 3. The van der Waals surface area contributed by atoms with Crippen molar-refractivity contribution >= 4 is 15.9 Å². The van der Waals surface area contributed by atoms with Gasteiger partial charge in [0, 0.05) is 10.0 Å². The van der Waals surface area contributed by atoms with Gasteiger partial charge in [-0.15, -0.1) is 0 Å². The summed E-state index contributed by atoms with van der Waals surface area (Å²) < 4.78 is 14.1. The molecule has 14 heavy (non-hydrogen) atoms. The Kier molecular flexibility index (Phi) is 4.05. The molecule has 0 heterocycles. The van der Waals surface area contributed by atoms with E-state index in [0.717, 1.165) is 4.47 Å². The number of hydrogen-bond donors (Lipinski definition) is 1. The van der Waals surface area contributed by atoms with Crippen LogP contribution in [0.15, 0.2) is 22.7 Å². The van der Waals surface area contributed by atoms with Crippen molar-refractivity contribution in [3.63, 3.8) is 0 Å². The number of hydrogen-bond acceptors (Lipinski definition) is 2. The Labute approximate surface area is 90.9 Å². The maximum absolute atomic E-state index is 13.3. The van der Waals surface area contributed by atoms with Crippen molar-refractivity contribution in [2.24, 2.45) is 0 Å². The minimum atomic E-state index is -0.586. The maximum Gasteiger partial charge on any atom is 0.129 e. The predicted octanol–water partition coefficient (Wildman–Crippen LogP) is 2.76. The fourth-order valence-electron chi connectivity index (χ4n) is 1.17. The molecule has 0 saturated heterocycles. The first-order valence-electron chi connectivity index (χ1n) is 4.27. The molecule has 0 radical (unpaired) electrons. The topological polar surface area (TPSA) is 35.8 Å². The Hall–Kier alpha value is -0.920. The van der Waals surface area contributed by atoms with Crippen LogP contribution in [-0.4, -0.2) is 6.54 Å². The van der Waals surface area contributed by atoms with Gasteiger partial charge in [0.2, 0.25) is 0 Å². The Morgan fingerprint density at radius 3 is 2.93 bits per heavy atom. The van der Waals surface area contributed by atoms with Crippen LogP contribution in [0.5, 0.6) is 0 Å². The molecule has 1 atom stereocenters. The van der Waals surface area contributed by atoms with Gasteiger partial charge in [-0.1, -0.05) is 22.9 Å². The second-order valence-corrected chi connectivity index (χ2v) is 3.70. The van der Waals surface area contributed by atoms with E-state index in [2.05, 4.69) is 21.2 Å². The minimum Gasteiger partial charge on any atom is -0.298 e. The lowest BCUT2D eigenvalue weighted by atomic mass is 10.1. The van der Waals surface area contributed by atoms with Crippen LogP contribution >= 0.6 is 15.9 Å². The molecule has 0 aliphatic rings. The fraction of sp³-hybridized carbons (Fsp3) is 0.300. The molecule has 74 valence electrons. The van der Waals surface area contributed by atoms with Gasteiger partial charge in [0.15, 0.2) is 0 Å². The quantitative estimate of drug-likeness (QED) is 0.903. The third-order valence-corrected chi connectivity index (χ3v) is 2.30. The molecule has 0 amide bonds. The second kappa shape index (κ2) is 5.08. The van der Waals surface area contributed by atoms with Crippen molar-refractivity contribution in [3.05, 3.63) is 34.1 Å². The Balaban J connectivity index is 3.03. The Morgan fingerprint density at radius 2 is 2.36 bits per heavy atom. The van der Waals surface area contributed by atoms with Crippen LogP contribution in [0.1, 0.15) is 18.5 Å². The van der Waals surface area contributed by atoms with E-state index in [1.54, 1.807) is 12.1 Å². The molecular weight excluding hydrogens is 247 g/mol. The zero-order valence-electron chi connectivity index (χ0n) is 7.72. The number of benzene rings is 1. The van der Waals surface area contributed by atoms with Gasteiger partial charge in [-0.25, -0.2) is 4.39 Å². The Bertz CT molecular complexity index is 360. The van der Waals surface area contributed by atoms with Crippen molar-refractivity contribution in [1.29, 1.82) is 5.26 Å².